The Hall–Kier alpha value is -0.0900. The van der Waals surface area contributed by atoms with Crippen molar-refractivity contribution >= 4 is 10.0 Å². The lowest BCUT2D eigenvalue weighted by atomic mass is 10.0. The second-order valence-electron chi connectivity index (χ2n) is 4.26. The van der Waals surface area contributed by atoms with E-state index in [2.05, 4.69) is 18.6 Å². The molecule has 1 aliphatic carbocycles. The summed E-state index contributed by atoms with van der Waals surface area (Å²) in [5, 5.41) is 0. The summed E-state index contributed by atoms with van der Waals surface area (Å²) in [5.74, 6) is 1.27. The molecule has 0 aromatic carbocycles. The van der Waals surface area contributed by atoms with Gasteiger partial charge in [-0.2, -0.15) is 0 Å². The Labute approximate surface area is 87.3 Å². The first-order valence-electron chi connectivity index (χ1n) is 5.54. The van der Waals surface area contributed by atoms with Crippen LogP contribution in [-0.2, 0) is 10.0 Å². The maximum atomic E-state index is 11.5. The summed E-state index contributed by atoms with van der Waals surface area (Å²) in [4.78, 5) is 0. The van der Waals surface area contributed by atoms with Crippen LogP contribution in [0.3, 0.4) is 0 Å². The fraction of sp³-hybridized carbons (Fsp3) is 1.00. The minimum Gasteiger partial charge on any atom is -0.215 e. The molecule has 0 radical (unpaired) electrons. The zero-order chi connectivity index (χ0) is 10.6. The van der Waals surface area contributed by atoms with Gasteiger partial charge in [0.25, 0.3) is 0 Å². The molecule has 0 heterocycles. The number of rotatable bonds is 7. The SMILES string of the molecule is CCC(CC)CNS(=O)(=O)CC1CC1. The summed E-state index contributed by atoms with van der Waals surface area (Å²) in [7, 11) is -2.98. The average Bonchev–Trinajstić information content (AvgIpc) is 2.89. The smallest absolute Gasteiger partial charge is 0.211 e. The van der Waals surface area contributed by atoms with Gasteiger partial charge in [0, 0.05) is 6.54 Å². The first kappa shape index (κ1) is 12.0. The van der Waals surface area contributed by atoms with Crippen LogP contribution in [0.15, 0.2) is 0 Å². The van der Waals surface area contributed by atoms with E-state index in [0.29, 0.717) is 24.1 Å². The van der Waals surface area contributed by atoms with Crippen LogP contribution in [0.25, 0.3) is 0 Å². The number of hydrogen-bond acceptors (Lipinski definition) is 2. The van der Waals surface area contributed by atoms with E-state index in [1.807, 2.05) is 0 Å². The molecule has 0 atom stereocenters. The molecule has 4 heteroatoms. The highest BCUT2D eigenvalue weighted by Gasteiger charge is 2.27. The Morgan fingerprint density at radius 1 is 1.29 bits per heavy atom. The highest BCUT2D eigenvalue weighted by Crippen LogP contribution is 2.29. The number of hydrogen-bond donors (Lipinski definition) is 1. The van der Waals surface area contributed by atoms with E-state index >= 15 is 0 Å². The number of sulfonamides is 1. The van der Waals surface area contributed by atoms with Gasteiger partial charge >= 0.3 is 0 Å². The van der Waals surface area contributed by atoms with Gasteiger partial charge in [-0.3, -0.25) is 0 Å². The molecule has 84 valence electrons. The summed E-state index contributed by atoms with van der Waals surface area (Å²) in [6.07, 6.45) is 4.27. The first-order chi connectivity index (χ1) is 6.57. The van der Waals surface area contributed by atoms with Crippen molar-refractivity contribution in [3.63, 3.8) is 0 Å². The van der Waals surface area contributed by atoms with Crippen molar-refractivity contribution in [2.45, 2.75) is 39.5 Å². The third kappa shape index (κ3) is 4.42. The van der Waals surface area contributed by atoms with Crippen molar-refractivity contribution in [3.05, 3.63) is 0 Å². The van der Waals surface area contributed by atoms with Gasteiger partial charge in [0.05, 0.1) is 5.75 Å². The van der Waals surface area contributed by atoms with Crippen LogP contribution >= 0.6 is 0 Å². The average molecular weight is 219 g/mol. The minimum absolute atomic E-state index is 0.340. The zero-order valence-corrected chi connectivity index (χ0v) is 9.94. The quantitative estimate of drug-likeness (QED) is 0.709. The van der Waals surface area contributed by atoms with E-state index in [4.69, 9.17) is 0 Å². The molecule has 1 aliphatic rings. The Kier molecular flexibility index (Phi) is 4.38. The van der Waals surface area contributed by atoms with Gasteiger partial charge in [0.1, 0.15) is 0 Å². The Balaban J connectivity index is 2.27. The Morgan fingerprint density at radius 3 is 2.29 bits per heavy atom. The van der Waals surface area contributed by atoms with Crippen molar-refractivity contribution in [3.8, 4) is 0 Å². The van der Waals surface area contributed by atoms with Crippen LogP contribution < -0.4 is 4.72 Å². The molecule has 0 bridgehead atoms. The highest BCUT2D eigenvalue weighted by molar-refractivity contribution is 7.89. The molecule has 3 nitrogen and oxygen atoms in total. The predicted molar refractivity (Wildman–Crippen MR) is 58.6 cm³/mol. The van der Waals surface area contributed by atoms with Gasteiger partial charge in [-0.25, -0.2) is 13.1 Å². The summed E-state index contributed by atoms with van der Waals surface area (Å²) in [6.45, 7) is 4.81. The van der Waals surface area contributed by atoms with Crippen LogP contribution in [0.2, 0.25) is 0 Å². The monoisotopic (exact) mass is 219 g/mol. The standard InChI is InChI=1S/C10H21NO2S/c1-3-9(4-2)7-11-14(12,13)8-10-5-6-10/h9-11H,3-8H2,1-2H3. The third-order valence-electron chi connectivity index (χ3n) is 2.90. The van der Waals surface area contributed by atoms with E-state index in [1.54, 1.807) is 0 Å². The molecule has 14 heavy (non-hydrogen) atoms. The van der Waals surface area contributed by atoms with Crippen molar-refractivity contribution in [2.75, 3.05) is 12.3 Å². The van der Waals surface area contributed by atoms with Gasteiger partial charge < -0.3 is 0 Å². The number of nitrogens with one attached hydrogen (secondary N) is 1. The van der Waals surface area contributed by atoms with Crippen molar-refractivity contribution in [1.82, 2.24) is 4.72 Å². The van der Waals surface area contributed by atoms with E-state index in [-0.39, 0.29) is 0 Å². The lowest BCUT2D eigenvalue weighted by Crippen LogP contribution is -2.31. The van der Waals surface area contributed by atoms with Crippen LogP contribution in [0, 0.1) is 11.8 Å². The van der Waals surface area contributed by atoms with Crippen molar-refractivity contribution < 1.29 is 8.42 Å². The van der Waals surface area contributed by atoms with E-state index in [0.717, 1.165) is 25.7 Å². The van der Waals surface area contributed by atoms with Gasteiger partial charge in [-0.05, 0) is 24.7 Å². The van der Waals surface area contributed by atoms with E-state index < -0.39 is 10.0 Å². The second kappa shape index (κ2) is 5.12. The molecule has 1 N–H and O–H groups in total. The van der Waals surface area contributed by atoms with Crippen LogP contribution in [-0.4, -0.2) is 20.7 Å². The summed E-state index contributed by atoms with van der Waals surface area (Å²) >= 11 is 0. The first-order valence-corrected chi connectivity index (χ1v) is 7.20. The Morgan fingerprint density at radius 2 is 1.86 bits per heavy atom. The Bertz CT molecular complexity index is 253. The molecule has 1 fully saturated rings. The topological polar surface area (TPSA) is 46.2 Å². The molecule has 0 spiro atoms. The van der Waals surface area contributed by atoms with Gasteiger partial charge in [-0.15, -0.1) is 0 Å². The fourth-order valence-corrected chi connectivity index (χ4v) is 3.04. The largest absolute Gasteiger partial charge is 0.215 e. The maximum Gasteiger partial charge on any atom is 0.211 e. The maximum absolute atomic E-state index is 11.5. The van der Waals surface area contributed by atoms with Crippen molar-refractivity contribution in [2.24, 2.45) is 11.8 Å². The summed E-state index contributed by atoms with van der Waals surface area (Å²) in [5.41, 5.74) is 0. The van der Waals surface area contributed by atoms with Gasteiger partial charge in [0.2, 0.25) is 10.0 Å². The normalized spacial score (nSPS) is 17.6. The predicted octanol–water partition coefficient (Wildman–Crippen LogP) is 1.75. The lowest BCUT2D eigenvalue weighted by molar-refractivity contribution is 0.478. The fourth-order valence-electron chi connectivity index (χ4n) is 1.48. The lowest BCUT2D eigenvalue weighted by Gasteiger charge is -2.13. The molecule has 0 saturated heterocycles. The van der Waals surface area contributed by atoms with E-state index in [9.17, 15) is 8.42 Å². The van der Waals surface area contributed by atoms with E-state index in [1.165, 1.54) is 0 Å². The molecule has 1 saturated carbocycles. The van der Waals surface area contributed by atoms with Crippen LogP contribution in [0.1, 0.15) is 39.5 Å². The van der Waals surface area contributed by atoms with Crippen LogP contribution in [0.4, 0.5) is 0 Å². The minimum atomic E-state index is -2.98. The molecular weight excluding hydrogens is 198 g/mol. The summed E-state index contributed by atoms with van der Waals surface area (Å²) in [6, 6.07) is 0. The molecule has 1 rings (SSSR count). The molecule has 0 aromatic heterocycles. The molecule has 0 aliphatic heterocycles. The zero-order valence-electron chi connectivity index (χ0n) is 9.12. The molecule has 0 amide bonds. The van der Waals surface area contributed by atoms with Crippen LogP contribution in [0.5, 0.6) is 0 Å². The molecule has 0 unspecified atom stereocenters. The molecular formula is C10H21NO2S. The van der Waals surface area contributed by atoms with Crippen molar-refractivity contribution in [1.29, 1.82) is 0 Å². The highest BCUT2D eigenvalue weighted by atomic mass is 32.2. The third-order valence-corrected chi connectivity index (χ3v) is 4.42. The second-order valence-corrected chi connectivity index (χ2v) is 6.11. The van der Waals surface area contributed by atoms with Gasteiger partial charge in [-0.1, -0.05) is 26.7 Å². The summed E-state index contributed by atoms with van der Waals surface area (Å²) < 4.78 is 25.7. The molecule has 0 aromatic rings. The van der Waals surface area contributed by atoms with Gasteiger partial charge in [0.15, 0.2) is 0 Å².